The highest BCUT2D eigenvalue weighted by Gasteiger charge is 2.21. The summed E-state index contributed by atoms with van der Waals surface area (Å²) in [5.41, 5.74) is 7.75. The Labute approximate surface area is 149 Å². The molecular weight excluding hydrogens is 364 g/mol. The Morgan fingerprint density at radius 3 is 2.60 bits per heavy atom. The zero-order valence-electron chi connectivity index (χ0n) is 13.4. The fourth-order valence-electron chi connectivity index (χ4n) is 1.87. The highest BCUT2D eigenvalue weighted by molar-refractivity contribution is 7.99. The third kappa shape index (κ3) is 5.13. The zero-order chi connectivity index (χ0) is 18.4. The van der Waals surface area contributed by atoms with Crippen molar-refractivity contribution in [2.75, 3.05) is 18.5 Å². The van der Waals surface area contributed by atoms with Gasteiger partial charge in [0.25, 0.3) is 0 Å². The van der Waals surface area contributed by atoms with Crippen LogP contribution in [0, 0.1) is 0 Å². The molecule has 2 aromatic rings. The van der Waals surface area contributed by atoms with E-state index in [1.807, 2.05) is 5.43 Å². The Balaban J connectivity index is 2.16. The zero-order valence-corrected chi connectivity index (χ0v) is 15.0. The lowest BCUT2D eigenvalue weighted by molar-refractivity contribution is -0.118. The number of carbonyl (C=O) groups is 1. The molecule has 0 aliphatic rings. The molecular formula is C14H18N6O3S2. The van der Waals surface area contributed by atoms with Crippen molar-refractivity contribution < 1.29 is 13.2 Å². The first kappa shape index (κ1) is 19.1. The van der Waals surface area contributed by atoms with Gasteiger partial charge in [0.05, 0.1) is 17.2 Å². The molecule has 0 saturated heterocycles. The van der Waals surface area contributed by atoms with Crippen molar-refractivity contribution in [2.24, 2.45) is 5.84 Å². The fraction of sp³-hybridized carbons (Fsp3) is 0.214. The summed E-state index contributed by atoms with van der Waals surface area (Å²) in [4.78, 5) is 19.7. The minimum atomic E-state index is -3.67. The third-order valence-electron chi connectivity index (χ3n) is 3.10. The normalized spacial score (nSPS) is 11.5. The Morgan fingerprint density at radius 2 is 1.96 bits per heavy atom. The number of nitrogens with two attached hydrogens (primary N) is 2. The summed E-state index contributed by atoms with van der Waals surface area (Å²) in [5.74, 6) is 5.13. The quantitative estimate of drug-likeness (QED) is 0.199. The molecule has 2 rings (SSSR count). The number of sulfonamides is 1. The van der Waals surface area contributed by atoms with Crippen molar-refractivity contribution in [3.8, 4) is 0 Å². The van der Waals surface area contributed by atoms with Gasteiger partial charge in [-0.1, -0.05) is 30.0 Å². The predicted octanol–water partition coefficient (Wildman–Crippen LogP) is -0.0385. The maximum Gasteiger partial charge on any atom is 0.244 e. The number of amides is 1. The van der Waals surface area contributed by atoms with E-state index in [0.717, 1.165) is 16.1 Å². The molecule has 0 aliphatic carbocycles. The van der Waals surface area contributed by atoms with E-state index in [-0.39, 0.29) is 34.7 Å². The second kappa shape index (κ2) is 8.25. The van der Waals surface area contributed by atoms with Crippen LogP contribution in [0.2, 0.25) is 0 Å². The summed E-state index contributed by atoms with van der Waals surface area (Å²) >= 11 is 1.12. The van der Waals surface area contributed by atoms with E-state index >= 15 is 0 Å². The monoisotopic (exact) mass is 382 g/mol. The lowest BCUT2D eigenvalue weighted by Gasteiger charge is -2.16. The van der Waals surface area contributed by atoms with Crippen LogP contribution >= 0.6 is 11.8 Å². The van der Waals surface area contributed by atoms with E-state index in [0.29, 0.717) is 5.03 Å². The van der Waals surface area contributed by atoms with E-state index < -0.39 is 10.0 Å². The van der Waals surface area contributed by atoms with Crippen molar-refractivity contribution in [2.45, 2.75) is 16.5 Å². The van der Waals surface area contributed by atoms with Gasteiger partial charge in [-0.3, -0.25) is 10.2 Å². The number of hydrazine groups is 1. The van der Waals surface area contributed by atoms with Crippen LogP contribution in [0.15, 0.2) is 46.3 Å². The Bertz CT molecular complexity index is 845. The van der Waals surface area contributed by atoms with Gasteiger partial charge in [-0.25, -0.2) is 24.2 Å². The summed E-state index contributed by atoms with van der Waals surface area (Å²) in [7, 11) is -2.23. The SMILES string of the molecule is CN(Cc1nc(N)cc(SCC(=O)NN)n1)S(=O)(=O)c1ccccc1. The third-order valence-corrected chi connectivity index (χ3v) is 5.83. The number of thioether (sulfide) groups is 1. The minimum Gasteiger partial charge on any atom is -0.384 e. The lowest BCUT2D eigenvalue weighted by Crippen LogP contribution is -2.31. The Kier molecular flexibility index (Phi) is 6.31. The first-order chi connectivity index (χ1) is 11.8. The van der Waals surface area contributed by atoms with Crippen LogP contribution in [0.25, 0.3) is 0 Å². The summed E-state index contributed by atoms with van der Waals surface area (Å²) in [6, 6.07) is 9.56. The summed E-state index contributed by atoms with van der Waals surface area (Å²) < 4.78 is 26.2. The second-order valence-electron chi connectivity index (χ2n) is 4.98. The number of aromatic nitrogens is 2. The smallest absolute Gasteiger partial charge is 0.244 e. The van der Waals surface area contributed by atoms with Gasteiger partial charge in [-0.15, -0.1) is 0 Å². The first-order valence-electron chi connectivity index (χ1n) is 7.10. The highest BCUT2D eigenvalue weighted by atomic mass is 32.2. The van der Waals surface area contributed by atoms with Crippen LogP contribution in [0.3, 0.4) is 0 Å². The molecule has 0 bridgehead atoms. The summed E-state index contributed by atoms with van der Waals surface area (Å²) in [6.07, 6.45) is 0. The number of nitrogens with one attached hydrogen (secondary N) is 1. The Morgan fingerprint density at radius 1 is 1.28 bits per heavy atom. The van der Waals surface area contributed by atoms with Gasteiger partial charge in [0.15, 0.2) is 0 Å². The van der Waals surface area contributed by atoms with Gasteiger partial charge >= 0.3 is 0 Å². The van der Waals surface area contributed by atoms with Crippen LogP contribution in [0.4, 0.5) is 5.82 Å². The molecule has 0 unspecified atom stereocenters. The number of benzene rings is 1. The molecule has 9 nitrogen and oxygen atoms in total. The highest BCUT2D eigenvalue weighted by Crippen LogP contribution is 2.19. The molecule has 0 atom stereocenters. The van der Waals surface area contributed by atoms with Crippen molar-refractivity contribution >= 4 is 33.5 Å². The standard InChI is InChI=1S/C14H18N6O3S2/c1-20(25(22,23)10-5-3-2-4-6-10)8-12-17-11(15)7-14(18-12)24-9-13(21)19-16/h2-7H,8-9,16H2,1H3,(H,19,21)(H2,15,17,18). The molecule has 0 radical (unpaired) electrons. The van der Waals surface area contributed by atoms with E-state index in [9.17, 15) is 13.2 Å². The van der Waals surface area contributed by atoms with Gasteiger partial charge in [-0.2, -0.15) is 4.31 Å². The van der Waals surface area contributed by atoms with Crippen molar-refractivity contribution in [3.05, 3.63) is 42.2 Å². The topological polar surface area (TPSA) is 144 Å². The molecule has 0 spiro atoms. The van der Waals surface area contributed by atoms with Crippen molar-refractivity contribution in [1.82, 2.24) is 19.7 Å². The number of hydrogen-bond acceptors (Lipinski definition) is 8. The number of carbonyl (C=O) groups excluding carboxylic acids is 1. The average molecular weight is 382 g/mol. The van der Waals surface area contributed by atoms with Gasteiger partial charge in [0.1, 0.15) is 16.7 Å². The van der Waals surface area contributed by atoms with Gasteiger partial charge < -0.3 is 5.73 Å². The molecule has 11 heteroatoms. The first-order valence-corrected chi connectivity index (χ1v) is 9.52. The molecule has 134 valence electrons. The van der Waals surface area contributed by atoms with Crippen LogP contribution in [-0.4, -0.2) is 41.4 Å². The molecule has 0 aliphatic heterocycles. The van der Waals surface area contributed by atoms with E-state index in [4.69, 9.17) is 11.6 Å². The van der Waals surface area contributed by atoms with Crippen molar-refractivity contribution in [1.29, 1.82) is 0 Å². The number of anilines is 1. The molecule has 1 heterocycles. The molecule has 0 fully saturated rings. The van der Waals surface area contributed by atoms with E-state index in [2.05, 4.69) is 9.97 Å². The predicted molar refractivity (Wildman–Crippen MR) is 94.6 cm³/mol. The average Bonchev–Trinajstić information content (AvgIpc) is 2.59. The molecule has 0 saturated carbocycles. The summed E-state index contributed by atoms with van der Waals surface area (Å²) in [6.45, 7) is -0.0566. The van der Waals surface area contributed by atoms with E-state index in [1.165, 1.54) is 25.2 Å². The second-order valence-corrected chi connectivity index (χ2v) is 8.02. The van der Waals surface area contributed by atoms with Crippen molar-refractivity contribution in [3.63, 3.8) is 0 Å². The summed E-state index contributed by atoms with van der Waals surface area (Å²) in [5, 5.41) is 0.455. The van der Waals surface area contributed by atoms with Crippen LogP contribution < -0.4 is 17.0 Å². The van der Waals surface area contributed by atoms with Crippen LogP contribution in [-0.2, 0) is 21.4 Å². The van der Waals surface area contributed by atoms with Gasteiger partial charge in [-0.05, 0) is 12.1 Å². The van der Waals surface area contributed by atoms with Gasteiger partial charge in [0, 0.05) is 13.1 Å². The van der Waals surface area contributed by atoms with Gasteiger partial charge in [0.2, 0.25) is 15.9 Å². The lowest BCUT2D eigenvalue weighted by atomic mass is 10.4. The largest absolute Gasteiger partial charge is 0.384 e. The molecule has 25 heavy (non-hydrogen) atoms. The maximum absolute atomic E-state index is 12.5. The maximum atomic E-state index is 12.5. The van der Waals surface area contributed by atoms with Crippen LogP contribution in [0.1, 0.15) is 5.82 Å². The van der Waals surface area contributed by atoms with E-state index in [1.54, 1.807) is 18.2 Å². The number of rotatable bonds is 7. The fourth-order valence-corrected chi connectivity index (χ4v) is 3.76. The minimum absolute atomic E-state index is 0.0566. The van der Waals surface area contributed by atoms with Crippen LogP contribution in [0.5, 0.6) is 0 Å². The number of hydrogen-bond donors (Lipinski definition) is 3. The number of nitrogen functional groups attached to an aromatic ring is 1. The Hall–Kier alpha value is -2.21. The molecule has 1 aromatic carbocycles. The molecule has 5 N–H and O–H groups in total. The molecule has 1 aromatic heterocycles. The molecule has 1 amide bonds. The number of nitrogens with zero attached hydrogens (tertiary/aromatic N) is 3.